The van der Waals surface area contributed by atoms with Gasteiger partial charge in [-0.15, -0.1) is 0 Å². The molecule has 2 nitrogen and oxygen atoms in total. The molecule has 0 unspecified atom stereocenters. The number of para-hydroxylation sites is 2. The van der Waals surface area contributed by atoms with E-state index in [2.05, 4.69) is 192 Å². The largest absolute Gasteiger partial charge is 0.311 e. The third-order valence-electron chi connectivity index (χ3n) is 7.26. The van der Waals surface area contributed by atoms with E-state index in [1.54, 1.807) is 0 Å². The van der Waals surface area contributed by atoms with Gasteiger partial charge in [0.05, 0.1) is 0 Å². The molecule has 0 saturated heterocycles. The zero-order valence-corrected chi connectivity index (χ0v) is 25.6. The van der Waals surface area contributed by atoms with Gasteiger partial charge in [0.25, 0.3) is 0 Å². The summed E-state index contributed by atoms with van der Waals surface area (Å²) in [6, 6.07) is 38.5. The molecule has 0 radical (unpaired) electrons. The molecule has 0 aromatic heterocycles. The molecular weight excluding hydrogens is 532 g/mol. The van der Waals surface area contributed by atoms with E-state index in [0.29, 0.717) is 0 Å². The van der Waals surface area contributed by atoms with E-state index in [-0.39, 0.29) is 0 Å². The predicted octanol–water partition coefficient (Wildman–Crippen LogP) is 12.0. The molecule has 2 heteroatoms. The summed E-state index contributed by atoms with van der Waals surface area (Å²) < 4.78 is 0. The van der Waals surface area contributed by atoms with Crippen LogP contribution in [0.3, 0.4) is 0 Å². The fraction of sp³-hybridized carbons (Fsp3) is 0.0952. The van der Waals surface area contributed by atoms with Crippen LogP contribution < -0.4 is 9.80 Å². The van der Waals surface area contributed by atoms with Gasteiger partial charge in [0, 0.05) is 34.1 Å². The van der Waals surface area contributed by atoms with Crippen molar-refractivity contribution in [2.24, 2.45) is 0 Å². The highest BCUT2D eigenvalue weighted by atomic mass is 15.2. The van der Waals surface area contributed by atoms with Gasteiger partial charge >= 0.3 is 0 Å². The van der Waals surface area contributed by atoms with E-state index >= 15 is 0 Å². The molecule has 4 aromatic rings. The number of rotatable bonds is 8. The zero-order valence-electron chi connectivity index (χ0n) is 25.6. The summed E-state index contributed by atoms with van der Waals surface area (Å²) in [5.41, 5.74) is 9.20. The molecule has 44 heavy (non-hydrogen) atoms. The Morgan fingerprint density at radius 2 is 0.977 bits per heavy atom. The molecule has 6 rings (SSSR count). The second kappa shape index (κ2) is 15.8. The molecule has 0 fully saturated rings. The predicted molar refractivity (Wildman–Crippen MR) is 192 cm³/mol. The second-order valence-electron chi connectivity index (χ2n) is 10.2. The van der Waals surface area contributed by atoms with Gasteiger partial charge in [-0.3, -0.25) is 0 Å². The van der Waals surface area contributed by atoms with Crippen molar-refractivity contribution in [3.05, 3.63) is 192 Å². The lowest BCUT2D eigenvalue weighted by atomic mass is 10.1. The van der Waals surface area contributed by atoms with Gasteiger partial charge < -0.3 is 9.80 Å². The monoisotopic (exact) mass is 572 g/mol. The first-order chi connectivity index (χ1) is 21.8. The van der Waals surface area contributed by atoms with Gasteiger partial charge in [0.2, 0.25) is 0 Å². The van der Waals surface area contributed by atoms with Crippen molar-refractivity contribution in [2.45, 2.75) is 26.7 Å². The van der Waals surface area contributed by atoms with Crippen LogP contribution in [0.4, 0.5) is 22.7 Å². The fourth-order valence-electron chi connectivity index (χ4n) is 5.16. The molecular formula is C42H40N2. The van der Waals surface area contributed by atoms with E-state index in [9.17, 15) is 0 Å². The van der Waals surface area contributed by atoms with Crippen molar-refractivity contribution >= 4 is 34.9 Å². The van der Waals surface area contributed by atoms with Gasteiger partial charge in [-0.1, -0.05) is 129 Å². The van der Waals surface area contributed by atoms with Crippen molar-refractivity contribution in [3.63, 3.8) is 0 Å². The van der Waals surface area contributed by atoms with E-state index in [0.717, 1.165) is 52.4 Å². The normalized spacial score (nSPS) is 13.8. The maximum atomic E-state index is 2.33. The maximum absolute atomic E-state index is 2.33. The second-order valence-corrected chi connectivity index (χ2v) is 10.2. The Balaban J connectivity index is 0.00000188. The van der Waals surface area contributed by atoms with Crippen molar-refractivity contribution < 1.29 is 0 Å². The molecule has 0 bridgehead atoms. The summed E-state index contributed by atoms with van der Waals surface area (Å²) in [6.45, 7) is 4.00. The number of nitrogens with zero attached hydrogens (tertiary/aromatic N) is 2. The highest BCUT2D eigenvalue weighted by molar-refractivity contribution is 5.78. The first kappa shape index (κ1) is 30.1. The fourth-order valence-corrected chi connectivity index (χ4v) is 5.16. The topological polar surface area (TPSA) is 6.48 Å². The Morgan fingerprint density at radius 3 is 1.57 bits per heavy atom. The van der Waals surface area contributed by atoms with E-state index in [1.807, 2.05) is 13.8 Å². The van der Waals surface area contributed by atoms with Crippen LogP contribution in [0, 0.1) is 0 Å². The van der Waals surface area contributed by atoms with Crippen molar-refractivity contribution in [3.8, 4) is 0 Å². The minimum absolute atomic E-state index is 0.916. The minimum atomic E-state index is 0.916. The quantitative estimate of drug-likeness (QED) is 0.194. The Labute approximate surface area is 263 Å². The van der Waals surface area contributed by atoms with Gasteiger partial charge in [0.15, 0.2) is 0 Å². The molecule has 0 atom stereocenters. The van der Waals surface area contributed by atoms with Crippen LogP contribution in [0.1, 0.15) is 37.8 Å². The highest BCUT2D eigenvalue weighted by Crippen LogP contribution is 2.34. The van der Waals surface area contributed by atoms with Gasteiger partial charge in [-0.05, 0) is 90.7 Å². The average molecular weight is 573 g/mol. The third kappa shape index (κ3) is 7.73. The lowest BCUT2D eigenvalue weighted by molar-refractivity contribution is 1.12. The van der Waals surface area contributed by atoms with Crippen molar-refractivity contribution in [1.82, 2.24) is 0 Å². The van der Waals surface area contributed by atoms with Crippen LogP contribution in [0.5, 0.6) is 0 Å². The van der Waals surface area contributed by atoms with E-state index < -0.39 is 0 Å². The average Bonchev–Trinajstić information content (AvgIpc) is 3.54. The number of hydrogen-bond donors (Lipinski definition) is 0. The van der Waals surface area contributed by atoms with Gasteiger partial charge in [-0.25, -0.2) is 0 Å². The summed E-state index contributed by atoms with van der Waals surface area (Å²) in [5, 5.41) is 0. The molecule has 0 amide bonds. The Hall–Kier alpha value is -5.34. The molecule has 2 aliphatic rings. The number of benzene rings is 4. The molecule has 0 spiro atoms. The van der Waals surface area contributed by atoms with E-state index in [4.69, 9.17) is 0 Å². The van der Waals surface area contributed by atoms with E-state index in [1.165, 1.54) is 5.70 Å². The Morgan fingerprint density at radius 1 is 0.455 bits per heavy atom. The van der Waals surface area contributed by atoms with Crippen LogP contribution in [-0.2, 0) is 0 Å². The zero-order chi connectivity index (χ0) is 30.4. The van der Waals surface area contributed by atoms with Crippen LogP contribution in [0.2, 0.25) is 0 Å². The first-order valence-corrected chi connectivity index (χ1v) is 15.5. The summed E-state index contributed by atoms with van der Waals surface area (Å²) in [7, 11) is 0. The standard InChI is InChI=1S/C40H34N2.C2H6/c1-2-8-16-35(15-7-1)41(36-17-9-3-4-10-18-36)39-29-25-33(26-30-39)23-24-34-27-31-40(32-28-34)42(37-19-11-5-12-20-37)38-21-13-6-14-22-38;1-2/h1-3,5-7,9-32H,4,8H2;1-2H3/b24-23+;. The summed E-state index contributed by atoms with van der Waals surface area (Å²) in [4.78, 5) is 4.61. The maximum Gasteiger partial charge on any atom is 0.0462 e. The lowest BCUT2D eigenvalue weighted by Gasteiger charge is -2.27. The van der Waals surface area contributed by atoms with Crippen LogP contribution in [0.25, 0.3) is 12.2 Å². The number of allylic oxidation sites excluding steroid dienone is 10. The molecule has 0 N–H and O–H groups in total. The Bertz CT molecular complexity index is 1640. The highest BCUT2D eigenvalue weighted by Gasteiger charge is 2.15. The third-order valence-corrected chi connectivity index (χ3v) is 7.26. The summed E-state index contributed by atoms with van der Waals surface area (Å²) >= 11 is 0. The first-order valence-electron chi connectivity index (χ1n) is 15.5. The van der Waals surface area contributed by atoms with Crippen molar-refractivity contribution in [1.29, 1.82) is 0 Å². The number of anilines is 4. The van der Waals surface area contributed by atoms with Crippen LogP contribution >= 0.6 is 0 Å². The molecule has 0 heterocycles. The molecule has 0 aliphatic heterocycles. The smallest absolute Gasteiger partial charge is 0.0462 e. The van der Waals surface area contributed by atoms with Gasteiger partial charge in [-0.2, -0.15) is 0 Å². The molecule has 0 saturated carbocycles. The number of hydrogen-bond acceptors (Lipinski definition) is 2. The summed E-state index contributed by atoms with van der Waals surface area (Å²) in [5.74, 6) is 0. The molecule has 4 aromatic carbocycles. The van der Waals surface area contributed by atoms with Gasteiger partial charge in [0.1, 0.15) is 0 Å². The minimum Gasteiger partial charge on any atom is -0.311 e. The van der Waals surface area contributed by atoms with Crippen LogP contribution in [-0.4, -0.2) is 0 Å². The lowest BCUT2D eigenvalue weighted by Crippen LogP contribution is -2.19. The van der Waals surface area contributed by atoms with Crippen LogP contribution in [0.15, 0.2) is 181 Å². The van der Waals surface area contributed by atoms with Crippen molar-refractivity contribution in [2.75, 3.05) is 9.80 Å². The SMILES string of the molecule is C1=CCC=CC(N(C2=CCC=CC=C2)c2ccc(/C=C/c3ccc(N(c4ccccc4)c4ccccc4)cc3)cc2)=C1.CC. The molecule has 2 aliphatic carbocycles. The Kier molecular flexibility index (Phi) is 10.8. The summed E-state index contributed by atoms with van der Waals surface area (Å²) in [6.07, 6.45) is 28.0. The molecule has 218 valence electrons.